The second kappa shape index (κ2) is 10.2. The van der Waals surface area contributed by atoms with E-state index >= 15 is 0 Å². The highest BCUT2D eigenvalue weighted by Gasteiger charge is 2.13. The summed E-state index contributed by atoms with van der Waals surface area (Å²) in [4.78, 5) is 4.66. The van der Waals surface area contributed by atoms with Crippen molar-refractivity contribution in [3.8, 4) is 0 Å². The molecule has 0 spiro atoms. The van der Waals surface area contributed by atoms with E-state index < -0.39 is 0 Å². The van der Waals surface area contributed by atoms with Crippen molar-refractivity contribution in [2.24, 2.45) is 10.9 Å². The summed E-state index contributed by atoms with van der Waals surface area (Å²) in [5.74, 6) is 1.93. The van der Waals surface area contributed by atoms with Crippen molar-refractivity contribution < 1.29 is 0 Å². The Hall–Kier alpha value is -1.52. The van der Waals surface area contributed by atoms with Gasteiger partial charge in [-0.1, -0.05) is 38.5 Å². The van der Waals surface area contributed by atoms with Gasteiger partial charge in [-0.3, -0.25) is 9.67 Å². The minimum Gasteiger partial charge on any atom is -0.357 e. The Kier molecular flexibility index (Phi) is 7.85. The molecule has 0 aliphatic heterocycles. The van der Waals surface area contributed by atoms with E-state index in [0.717, 1.165) is 38.1 Å². The monoisotopic (exact) mass is 305 g/mol. The van der Waals surface area contributed by atoms with Crippen molar-refractivity contribution in [1.82, 2.24) is 20.4 Å². The van der Waals surface area contributed by atoms with Crippen LogP contribution in [0.3, 0.4) is 0 Å². The van der Waals surface area contributed by atoms with Crippen molar-refractivity contribution in [2.75, 3.05) is 19.6 Å². The maximum atomic E-state index is 4.66. The third-order valence-corrected chi connectivity index (χ3v) is 4.30. The molecule has 2 rings (SSSR count). The molecule has 0 unspecified atom stereocenters. The Morgan fingerprint density at radius 1 is 1.27 bits per heavy atom. The number of hydrogen-bond acceptors (Lipinski definition) is 2. The van der Waals surface area contributed by atoms with Gasteiger partial charge in [-0.25, -0.2) is 0 Å². The number of nitrogens with zero attached hydrogens (tertiary/aromatic N) is 3. The lowest BCUT2D eigenvalue weighted by atomic mass is 10.0. The van der Waals surface area contributed by atoms with Crippen LogP contribution in [0.2, 0.25) is 0 Å². The summed E-state index contributed by atoms with van der Waals surface area (Å²) in [7, 11) is 0. The lowest BCUT2D eigenvalue weighted by molar-refractivity contribution is 0.475. The second-order valence-corrected chi connectivity index (χ2v) is 6.10. The second-order valence-electron chi connectivity index (χ2n) is 6.10. The van der Waals surface area contributed by atoms with Crippen molar-refractivity contribution in [3.63, 3.8) is 0 Å². The van der Waals surface area contributed by atoms with Gasteiger partial charge in [-0.2, -0.15) is 5.10 Å². The first kappa shape index (κ1) is 16.8. The fourth-order valence-electron chi connectivity index (χ4n) is 3.10. The van der Waals surface area contributed by atoms with Crippen LogP contribution in [-0.2, 0) is 6.54 Å². The Morgan fingerprint density at radius 2 is 2.14 bits per heavy atom. The number of nitrogens with one attached hydrogen (secondary N) is 2. The smallest absolute Gasteiger partial charge is 0.191 e. The van der Waals surface area contributed by atoms with Crippen LogP contribution in [0, 0.1) is 5.92 Å². The maximum Gasteiger partial charge on any atom is 0.191 e. The highest BCUT2D eigenvalue weighted by atomic mass is 15.3. The van der Waals surface area contributed by atoms with Gasteiger partial charge in [0.25, 0.3) is 0 Å². The SMILES string of the molecule is CCNC(=NCCCCC1CCCC1)NCCn1cccn1. The summed E-state index contributed by atoms with van der Waals surface area (Å²) in [6.45, 7) is 5.62. The van der Waals surface area contributed by atoms with Crippen LogP contribution >= 0.6 is 0 Å². The van der Waals surface area contributed by atoms with Crippen LogP contribution in [0.1, 0.15) is 51.9 Å². The molecule has 0 bridgehead atoms. The fraction of sp³-hybridized carbons (Fsp3) is 0.765. The molecule has 5 heteroatoms. The summed E-state index contributed by atoms with van der Waals surface area (Å²) in [5, 5.41) is 10.9. The zero-order valence-corrected chi connectivity index (χ0v) is 13.9. The normalized spacial score (nSPS) is 16.1. The van der Waals surface area contributed by atoms with Gasteiger partial charge in [0.15, 0.2) is 5.96 Å². The van der Waals surface area contributed by atoms with E-state index in [9.17, 15) is 0 Å². The predicted molar refractivity (Wildman–Crippen MR) is 92.0 cm³/mol. The number of guanidine groups is 1. The molecule has 1 aromatic heterocycles. The van der Waals surface area contributed by atoms with E-state index in [1.807, 2.05) is 23.1 Å². The van der Waals surface area contributed by atoms with Crippen LogP contribution in [0.15, 0.2) is 23.5 Å². The molecule has 1 saturated carbocycles. The Morgan fingerprint density at radius 3 is 2.86 bits per heavy atom. The van der Waals surface area contributed by atoms with Gasteiger partial charge in [-0.05, 0) is 25.3 Å². The van der Waals surface area contributed by atoms with Crippen LogP contribution in [0.5, 0.6) is 0 Å². The van der Waals surface area contributed by atoms with E-state index in [1.54, 1.807) is 0 Å². The molecule has 0 aromatic carbocycles. The first-order chi connectivity index (χ1) is 10.9. The predicted octanol–water partition coefficient (Wildman–Crippen LogP) is 2.80. The molecule has 22 heavy (non-hydrogen) atoms. The van der Waals surface area contributed by atoms with E-state index in [2.05, 4.69) is 27.6 Å². The third kappa shape index (κ3) is 6.50. The Labute approximate surface area is 134 Å². The first-order valence-corrected chi connectivity index (χ1v) is 8.88. The molecule has 1 aliphatic rings. The number of aliphatic imine (C=N–C) groups is 1. The van der Waals surface area contributed by atoms with Gasteiger partial charge in [0.05, 0.1) is 6.54 Å². The van der Waals surface area contributed by atoms with Gasteiger partial charge in [0.1, 0.15) is 0 Å². The summed E-state index contributed by atoms with van der Waals surface area (Å²) in [6.07, 6.45) is 13.5. The number of aromatic nitrogens is 2. The molecule has 124 valence electrons. The number of unbranched alkanes of at least 4 members (excludes halogenated alkanes) is 1. The summed E-state index contributed by atoms with van der Waals surface area (Å²) in [6, 6.07) is 1.95. The fourth-order valence-corrected chi connectivity index (χ4v) is 3.10. The first-order valence-electron chi connectivity index (χ1n) is 8.88. The molecule has 2 N–H and O–H groups in total. The average Bonchev–Trinajstić information content (AvgIpc) is 3.20. The van der Waals surface area contributed by atoms with Crippen molar-refractivity contribution in [2.45, 2.75) is 58.4 Å². The number of rotatable bonds is 9. The van der Waals surface area contributed by atoms with Gasteiger partial charge < -0.3 is 10.6 Å². The minimum absolute atomic E-state index is 0.843. The molecular formula is C17H31N5. The van der Waals surface area contributed by atoms with E-state index in [4.69, 9.17) is 0 Å². The Balaban J connectivity index is 1.58. The van der Waals surface area contributed by atoms with Gasteiger partial charge >= 0.3 is 0 Å². The molecule has 1 heterocycles. The van der Waals surface area contributed by atoms with Crippen LogP contribution in [0.4, 0.5) is 0 Å². The molecule has 0 atom stereocenters. The van der Waals surface area contributed by atoms with Gasteiger partial charge in [0.2, 0.25) is 0 Å². The molecule has 1 aliphatic carbocycles. The quantitative estimate of drug-likeness (QED) is 0.419. The zero-order chi connectivity index (χ0) is 15.5. The largest absolute Gasteiger partial charge is 0.357 e. The lowest BCUT2D eigenvalue weighted by Gasteiger charge is -2.11. The van der Waals surface area contributed by atoms with Crippen molar-refractivity contribution >= 4 is 5.96 Å². The van der Waals surface area contributed by atoms with Gasteiger partial charge in [0, 0.05) is 32.0 Å². The number of hydrogen-bond donors (Lipinski definition) is 2. The van der Waals surface area contributed by atoms with Gasteiger partial charge in [-0.15, -0.1) is 0 Å². The van der Waals surface area contributed by atoms with Crippen LogP contribution in [0.25, 0.3) is 0 Å². The molecule has 1 fully saturated rings. The van der Waals surface area contributed by atoms with E-state index in [1.165, 1.54) is 44.9 Å². The average molecular weight is 305 g/mol. The van der Waals surface area contributed by atoms with E-state index in [-0.39, 0.29) is 0 Å². The van der Waals surface area contributed by atoms with Crippen molar-refractivity contribution in [3.05, 3.63) is 18.5 Å². The summed E-state index contributed by atoms with van der Waals surface area (Å²) in [5.41, 5.74) is 0. The highest BCUT2D eigenvalue weighted by Crippen LogP contribution is 2.28. The molecular weight excluding hydrogens is 274 g/mol. The highest BCUT2D eigenvalue weighted by molar-refractivity contribution is 5.79. The maximum absolute atomic E-state index is 4.66. The van der Waals surface area contributed by atoms with Crippen LogP contribution < -0.4 is 10.6 Å². The molecule has 0 radical (unpaired) electrons. The molecule has 0 saturated heterocycles. The Bertz CT molecular complexity index is 407. The van der Waals surface area contributed by atoms with Crippen molar-refractivity contribution in [1.29, 1.82) is 0 Å². The molecule has 5 nitrogen and oxygen atoms in total. The van der Waals surface area contributed by atoms with Crippen LogP contribution in [-0.4, -0.2) is 35.4 Å². The zero-order valence-electron chi connectivity index (χ0n) is 13.9. The molecule has 1 aromatic rings. The standard InChI is InChI=1S/C17H31N5/c1-2-18-17(20-13-15-22-14-7-12-21-22)19-11-6-5-10-16-8-3-4-9-16/h7,12,14,16H,2-6,8-11,13,15H2,1H3,(H2,18,19,20). The van der Waals surface area contributed by atoms with E-state index in [0.29, 0.717) is 0 Å². The summed E-state index contributed by atoms with van der Waals surface area (Å²) >= 11 is 0. The topological polar surface area (TPSA) is 54.2 Å². The minimum atomic E-state index is 0.843. The molecule has 0 amide bonds. The summed E-state index contributed by atoms with van der Waals surface area (Å²) < 4.78 is 1.93. The lowest BCUT2D eigenvalue weighted by Crippen LogP contribution is -2.39. The third-order valence-electron chi connectivity index (χ3n) is 4.30.